The van der Waals surface area contributed by atoms with Crippen LogP contribution in [0.2, 0.25) is 0 Å². The summed E-state index contributed by atoms with van der Waals surface area (Å²) in [7, 11) is -5.14. The molecule has 0 aromatic rings. The first-order valence-corrected chi connectivity index (χ1v) is 27.3. The fourth-order valence-electron chi connectivity index (χ4n) is 7.90. The molecule has 0 heterocycles. The first-order valence-electron chi connectivity index (χ1n) is 25.8. The maximum absolute atomic E-state index is 12.8. The van der Waals surface area contributed by atoms with E-state index in [9.17, 15) is 44.6 Å². The lowest BCUT2D eigenvalue weighted by molar-refractivity contribution is -0.220. The van der Waals surface area contributed by atoms with Crippen LogP contribution < -0.4 is 0 Å². The molecule has 65 heavy (non-hydrogen) atoms. The van der Waals surface area contributed by atoms with Gasteiger partial charge in [-0.1, -0.05) is 198 Å². The minimum atomic E-state index is -5.14. The van der Waals surface area contributed by atoms with Gasteiger partial charge in [0.15, 0.2) is 6.10 Å². The van der Waals surface area contributed by atoms with Crippen molar-refractivity contribution in [3.63, 3.8) is 0 Å². The number of rotatable bonds is 43. The average Bonchev–Trinajstić information content (AvgIpc) is 3.29. The summed E-state index contributed by atoms with van der Waals surface area (Å²) in [4.78, 5) is 35.7. The lowest BCUT2D eigenvalue weighted by atomic mass is 9.85. The van der Waals surface area contributed by atoms with Crippen molar-refractivity contribution in [3.8, 4) is 0 Å². The van der Waals surface area contributed by atoms with E-state index in [1.54, 1.807) is 12.2 Å². The molecule has 1 fully saturated rings. The van der Waals surface area contributed by atoms with Gasteiger partial charge >= 0.3 is 19.8 Å². The largest absolute Gasteiger partial charge is 0.472 e. The zero-order chi connectivity index (χ0) is 47.8. The van der Waals surface area contributed by atoms with Gasteiger partial charge in [-0.25, -0.2) is 9.36 Å². The number of aliphatic hydroxyl groups excluding tert-OH is 5. The summed E-state index contributed by atoms with van der Waals surface area (Å²) in [6.45, 7) is 3.21. The fraction of sp³-hybridized carbons (Fsp3) is 0.843. The Morgan fingerprint density at radius 1 is 0.508 bits per heavy atom. The highest BCUT2D eigenvalue weighted by Crippen LogP contribution is 2.47. The van der Waals surface area contributed by atoms with Gasteiger partial charge in [0.05, 0.1) is 6.61 Å². The molecule has 6 N–H and O–H groups in total. The Morgan fingerprint density at radius 2 is 0.892 bits per heavy atom. The minimum absolute atomic E-state index is 0.0777. The quantitative estimate of drug-likeness (QED) is 0.00840. The highest BCUT2D eigenvalue weighted by molar-refractivity contribution is 7.47. The molecule has 0 bridgehead atoms. The Kier molecular flexibility index (Phi) is 38.6. The second-order valence-corrected chi connectivity index (χ2v) is 19.5. The summed E-state index contributed by atoms with van der Waals surface area (Å²) in [6, 6.07) is 0. The van der Waals surface area contributed by atoms with E-state index in [0.717, 1.165) is 44.9 Å². The molecule has 1 aliphatic rings. The molecule has 0 radical (unpaired) electrons. The lowest BCUT2D eigenvalue weighted by Crippen LogP contribution is -2.64. The van der Waals surface area contributed by atoms with E-state index in [-0.39, 0.29) is 6.42 Å². The van der Waals surface area contributed by atoms with Gasteiger partial charge in [0.1, 0.15) is 43.2 Å². The zero-order valence-corrected chi connectivity index (χ0v) is 41.4. The molecular weight excluding hydrogens is 852 g/mol. The second kappa shape index (κ2) is 41.1. The van der Waals surface area contributed by atoms with Crippen LogP contribution in [0.1, 0.15) is 219 Å². The number of hydrogen-bond acceptors (Lipinski definition) is 12. The van der Waals surface area contributed by atoms with E-state index in [0.29, 0.717) is 6.42 Å². The highest BCUT2D eigenvalue weighted by Gasteiger charge is 2.51. The van der Waals surface area contributed by atoms with Crippen molar-refractivity contribution in [1.29, 1.82) is 0 Å². The van der Waals surface area contributed by atoms with Gasteiger partial charge in [0.2, 0.25) is 0 Å². The molecular formula is C51H93O13P. The molecule has 13 nitrogen and oxygen atoms in total. The van der Waals surface area contributed by atoms with E-state index >= 15 is 0 Å². The maximum Gasteiger partial charge on any atom is 0.472 e. The number of hydrogen-bond donors (Lipinski definition) is 6. The Bertz CT molecular complexity index is 1280. The highest BCUT2D eigenvalue weighted by atomic mass is 31.2. The van der Waals surface area contributed by atoms with Crippen molar-refractivity contribution in [2.45, 2.75) is 262 Å². The van der Waals surface area contributed by atoms with E-state index in [2.05, 4.69) is 26.0 Å². The van der Waals surface area contributed by atoms with Crippen LogP contribution >= 0.6 is 7.82 Å². The summed E-state index contributed by atoms with van der Waals surface area (Å²) in [5.74, 6) is -1.35. The number of allylic oxidation sites excluding steroid dienone is 5. The van der Waals surface area contributed by atoms with Crippen molar-refractivity contribution in [3.05, 3.63) is 36.5 Å². The minimum Gasteiger partial charge on any atom is -0.458 e. The number of phosphoric acid groups is 1. The molecule has 380 valence electrons. The van der Waals surface area contributed by atoms with E-state index < -0.39 is 75.7 Å². The number of unbranched alkanes of at least 4 members (excludes halogenated alkanes) is 28. The maximum atomic E-state index is 12.8. The molecule has 14 heteroatoms. The molecule has 8 atom stereocenters. The third-order valence-corrected chi connectivity index (χ3v) is 13.0. The Morgan fingerprint density at radius 3 is 1.34 bits per heavy atom. The van der Waals surface area contributed by atoms with Crippen LogP contribution in [0.15, 0.2) is 36.5 Å². The van der Waals surface area contributed by atoms with Crippen LogP contribution in [-0.2, 0) is 32.7 Å². The van der Waals surface area contributed by atoms with E-state index in [1.807, 2.05) is 6.08 Å². The van der Waals surface area contributed by atoms with Crippen LogP contribution in [0.5, 0.6) is 0 Å². The van der Waals surface area contributed by atoms with Gasteiger partial charge in [-0.3, -0.25) is 13.8 Å². The predicted molar refractivity (Wildman–Crippen MR) is 258 cm³/mol. The molecule has 1 aliphatic carbocycles. The molecule has 1 saturated carbocycles. The third-order valence-electron chi connectivity index (χ3n) is 12.1. The molecule has 0 spiro atoms. The van der Waals surface area contributed by atoms with Crippen LogP contribution in [-0.4, -0.2) is 98.3 Å². The molecule has 0 amide bonds. The third kappa shape index (κ3) is 33.3. The number of carbonyl (C=O) groups is 2. The van der Waals surface area contributed by atoms with Gasteiger partial charge in [0, 0.05) is 12.5 Å². The van der Waals surface area contributed by atoms with Gasteiger partial charge in [-0.2, -0.15) is 0 Å². The van der Waals surface area contributed by atoms with Crippen molar-refractivity contribution in [1.82, 2.24) is 0 Å². The summed E-state index contributed by atoms with van der Waals surface area (Å²) in [5, 5.41) is 50.2. The monoisotopic (exact) mass is 945 g/mol. The standard InChI is InChI=1S/C51H93O13P/c1-3-5-7-9-11-13-15-17-19-20-21-22-23-24-26-28-30-32-34-36-38-40-45(53)63-43(42-62-65(59,60)64-51-49(57)47(55)46(54)48(56)50(51)58)41-61-44(52)39-37-35-33-31-29-27-25-18-16-14-12-10-8-6-4-2/h17,19,33,35,37,39,43,46-51,54-58H,3-16,18,20-32,34,36,38,40-42H2,1-2H3,(H,59,60)/b19-17+,35-33+,39-37+/t43-,46?,47-,48?,49?,50?,51?/m1/s1. The number of ether oxygens (including phenoxy) is 2. The number of carbonyl (C=O) groups excluding carboxylic acids is 2. The number of esters is 2. The van der Waals surface area contributed by atoms with E-state index in [4.69, 9.17) is 18.5 Å². The van der Waals surface area contributed by atoms with Gasteiger partial charge in [-0.15, -0.1) is 0 Å². The Balaban J connectivity index is 2.42. The van der Waals surface area contributed by atoms with Crippen LogP contribution in [0.25, 0.3) is 0 Å². The molecule has 0 aliphatic heterocycles. The SMILES string of the molecule is CCCCCCCC/C=C/CCCCCCCCCCCCCC(=O)O[C@H](COC(=O)/C=C/C=C/CCCCCCCCCCCCC)COP(=O)(O)OC1C(O)C(O)C(O)[C@@H](O)C1O. The van der Waals surface area contributed by atoms with E-state index in [1.165, 1.54) is 154 Å². The number of phosphoric ester groups is 1. The summed E-state index contributed by atoms with van der Waals surface area (Å²) in [5.41, 5.74) is 0. The van der Waals surface area contributed by atoms with Gasteiger partial charge in [0.25, 0.3) is 0 Å². The Hall–Kier alpha value is -1.93. The normalized spacial score (nSPS) is 21.7. The van der Waals surface area contributed by atoms with Crippen LogP contribution in [0.4, 0.5) is 0 Å². The first kappa shape index (κ1) is 61.1. The zero-order valence-electron chi connectivity index (χ0n) is 40.5. The van der Waals surface area contributed by atoms with Crippen molar-refractivity contribution in [2.75, 3.05) is 13.2 Å². The Labute approximate surface area is 393 Å². The lowest BCUT2D eigenvalue weighted by Gasteiger charge is -2.41. The topological polar surface area (TPSA) is 210 Å². The summed E-state index contributed by atoms with van der Waals surface area (Å²) in [6.07, 6.45) is 35.4. The molecule has 0 aromatic carbocycles. The summed E-state index contributed by atoms with van der Waals surface area (Å²) < 4.78 is 33.4. The van der Waals surface area contributed by atoms with Gasteiger partial charge in [-0.05, 0) is 44.9 Å². The smallest absolute Gasteiger partial charge is 0.458 e. The first-order chi connectivity index (χ1) is 31.4. The second-order valence-electron chi connectivity index (χ2n) is 18.1. The molecule has 0 saturated heterocycles. The molecule has 0 aromatic heterocycles. The average molecular weight is 945 g/mol. The summed E-state index contributed by atoms with van der Waals surface area (Å²) >= 11 is 0. The van der Waals surface area contributed by atoms with Crippen LogP contribution in [0, 0.1) is 0 Å². The van der Waals surface area contributed by atoms with Crippen LogP contribution in [0.3, 0.4) is 0 Å². The molecule has 6 unspecified atom stereocenters. The molecule has 1 rings (SSSR count). The van der Waals surface area contributed by atoms with Crippen molar-refractivity contribution < 1.29 is 63.1 Å². The van der Waals surface area contributed by atoms with Crippen molar-refractivity contribution >= 4 is 19.8 Å². The number of aliphatic hydroxyl groups is 5. The predicted octanol–water partition coefficient (Wildman–Crippen LogP) is 11.0. The van der Waals surface area contributed by atoms with Gasteiger partial charge < -0.3 is 39.9 Å². The van der Waals surface area contributed by atoms with Crippen molar-refractivity contribution in [2.24, 2.45) is 0 Å². The fourth-order valence-corrected chi connectivity index (χ4v) is 8.88.